The van der Waals surface area contributed by atoms with E-state index >= 15 is 0 Å². The predicted molar refractivity (Wildman–Crippen MR) is 66.7 cm³/mol. The Labute approximate surface area is 97.5 Å². The molecule has 0 aromatic carbocycles. The summed E-state index contributed by atoms with van der Waals surface area (Å²) in [6.07, 6.45) is 1.28. The number of aromatic nitrogens is 1. The lowest BCUT2D eigenvalue weighted by Crippen LogP contribution is -2.29. The fourth-order valence-electron chi connectivity index (χ4n) is 1.51. The Balaban J connectivity index is 2.77. The zero-order chi connectivity index (χ0) is 12.1. The SMILES string of the molecule is CC(O)c1cccnc1N(C)CCN(C)C. The Bertz CT molecular complexity index is 326. The Hall–Kier alpha value is -1.13. The van der Waals surface area contributed by atoms with E-state index in [4.69, 9.17) is 0 Å². The minimum absolute atomic E-state index is 0.481. The van der Waals surface area contributed by atoms with Crippen LogP contribution < -0.4 is 4.90 Å². The van der Waals surface area contributed by atoms with Gasteiger partial charge in [-0.1, -0.05) is 6.07 Å². The number of hydrogen-bond acceptors (Lipinski definition) is 4. The molecule has 0 bridgehead atoms. The van der Waals surface area contributed by atoms with Crippen molar-refractivity contribution in [3.8, 4) is 0 Å². The van der Waals surface area contributed by atoms with Gasteiger partial charge in [-0.3, -0.25) is 0 Å². The van der Waals surface area contributed by atoms with E-state index in [-0.39, 0.29) is 0 Å². The number of nitrogens with zero attached hydrogens (tertiary/aromatic N) is 3. The molecule has 16 heavy (non-hydrogen) atoms. The number of aliphatic hydroxyl groups excluding tert-OH is 1. The lowest BCUT2D eigenvalue weighted by atomic mass is 10.1. The van der Waals surface area contributed by atoms with Crippen LogP contribution in [0.2, 0.25) is 0 Å². The van der Waals surface area contributed by atoms with Gasteiger partial charge in [-0.25, -0.2) is 4.98 Å². The Kier molecular flexibility index (Phi) is 4.71. The second-order valence-electron chi connectivity index (χ2n) is 4.32. The first-order chi connectivity index (χ1) is 7.52. The zero-order valence-corrected chi connectivity index (χ0v) is 10.5. The fourth-order valence-corrected chi connectivity index (χ4v) is 1.51. The van der Waals surface area contributed by atoms with E-state index < -0.39 is 6.10 Å². The van der Waals surface area contributed by atoms with E-state index in [0.29, 0.717) is 0 Å². The van der Waals surface area contributed by atoms with Gasteiger partial charge in [0, 0.05) is 31.9 Å². The molecule has 1 heterocycles. The third-order valence-electron chi connectivity index (χ3n) is 2.51. The number of likely N-dealkylation sites (N-methyl/N-ethyl adjacent to an activating group) is 2. The highest BCUT2D eigenvalue weighted by Gasteiger charge is 2.12. The quantitative estimate of drug-likeness (QED) is 0.812. The molecule has 0 radical (unpaired) electrons. The smallest absolute Gasteiger partial charge is 0.134 e. The van der Waals surface area contributed by atoms with E-state index in [1.165, 1.54) is 0 Å². The molecule has 4 heteroatoms. The van der Waals surface area contributed by atoms with Crippen molar-refractivity contribution in [1.29, 1.82) is 0 Å². The van der Waals surface area contributed by atoms with Crippen molar-refractivity contribution in [3.63, 3.8) is 0 Å². The van der Waals surface area contributed by atoms with Gasteiger partial charge in [0.25, 0.3) is 0 Å². The van der Waals surface area contributed by atoms with Crippen molar-refractivity contribution in [3.05, 3.63) is 23.9 Å². The van der Waals surface area contributed by atoms with Crippen molar-refractivity contribution >= 4 is 5.82 Å². The number of pyridine rings is 1. The van der Waals surface area contributed by atoms with E-state index in [1.807, 2.05) is 33.3 Å². The summed E-state index contributed by atoms with van der Waals surface area (Å²) in [6.45, 7) is 3.62. The molecular formula is C12H21N3O. The molecule has 0 saturated heterocycles. The molecule has 0 aliphatic rings. The molecule has 1 rings (SSSR count). The van der Waals surface area contributed by atoms with Gasteiger partial charge in [-0.05, 0) is 27.1 Å². The van der Waals surface area contributed by atoms with Crippen molar-refractivity contribution in [2.45, 2.75) is 13.0 Å². The first-order valence-electron chi connectivity index (χ1n) is 5.51. The van der Waals surface area contributed by atoms with Crippen molar-refractivity contribution < 1.29 is 5.11 Å². The first-order valence-corrected chi connectivity index (χ1v) is 5.51. The number of anilines is 1. The van der Waals surface area contributed by atoms with E-state index in [2.05, 4.69) is 14.8 Å². The monoisotopic (exact) mass is 223 g/mol. The molecule has 0 saturated carbocycles. The normalized spacial score (nSPS) is 12.9. The lowest BCUT2D eigenvalue weighted by Gasteiger charge is -2.23. The van der Waals surface area contributed by atoms with E-state index in [9.17, 15) is 5.11 Å². The molecule has 0 spiro atoms. The standard InChI is InChI=1S/C12H21N3O/c1-10(16)11-6-5-7-13-12(11)15(4)9-8-14(2)3/h5-7,10,16H,8-9H2,1-4H3. The highest BCUT2D eigenvalue weighted by Crippen LogP contribution is 2.22. The van der Waals surface area contributed by atoms with Crippen LogP contribution in [0.5, 0.6) is 0 Å². The molecule has 1 N–H and O–H groups in total. The van der Waals surface area contributed by atoms with Crippen LogP contribution in [-0.2, 0) is 0 Å². The average Bonchev–Trinajstić information content (AvgIpc) is 2.25. The van der Waals surface area contributed by atoms with Gasteiger partial charge in [0.1, 0.15) is 5.82 Å². The lowest BCUT2D eigenvalue weighted by molar-refractivity contribution is 0.199. The molecule has 0 amide bonds. The van der Waals surface area contributed by atoms with E-state index in [1.54, 1.807) is 13.1 Å². The summed E-state index contributed by atoms with van der Waals surface area (Å²) in [4.78, 5) is 8.52. The molecule has 0 fully saturated rings. The highest BCUT2D eigenvalue weighted by atomic mass is 16.3. The Morgan fingerprint density at radius 2 is 2.00 bits per heavy atom. The second kappa shape index (κ2) is 5.82. The minimum Gasteiger partial charge on any atom is -0.389 e. The number of aliphatic hydroxyl groups is 1. The van der Waals surface area contributed by atoms with Gasteiger partial charge >= 0.3 is 0 Å². The molecule has 4 nitrogen and oxygen atoms in total. The molecule has 1 aromatic rings. The van der Waals surface area contributed by atoms with Gasteiger partial charge in [0.15, 0.2) is 0 Å². The third-order valence-corrected chi connectivity index (χ3v) is 2.51. The summed E-state index contributed by atoms with van der Waals surface area (Å²) >= 11 is 0. The molecular weight excluding hydrogens is 202 g/mol. The topological polar surface area (TPSA) is 39.6 Å². The van der Waals surface area contributed by atoms with Crippen LogP contribution in [0.1, 0.15) is 18.6 Å². The minimum atomic E-state index is -0.481. The van der Waals surface area contributed by atoms with Gasteiger partial charge in [-0.15, -0.1) is 0 Å². The van der Waals surface area contributed by atoms with Crippen molar-refractivity contribution in [2.24, 2.45) is 0 Å². The first kappa shape index (κ1) is 12.9. The van der Waals surface area contributed by atoms with Crippen LogP contribution in [0, 0.1) is 0 Å². The average molecular weight is 223 g/mol. The molecule has 0 aliphatic carbocycles. The van der Waals surface area contributed by atoms with E-state index in [0.717, 1.165) is 24.5 Å². The maximum absolute atomic E-state index is 9.65. The third kappa shape index (κ3) is 3.47. The zero-order valence-electron chi connectivity index (χ0n) is 10.5. The number of hydrogen-bond donors (Lipinski definition) is 1. The van der Waals surface area contributed by atoms with Crippen LogP contribution in [0.25, 0.3) is 0 Å². The number of rotatable bonds is 5. The largest absolute Gasteiger partial charge is 0.389 e. The Morgan fingerprint density at radius 3 is 2.56 bits per heavy atom. The maximum Gasteiger partial charge on any atom is 0.134 e. The fraction of sp³-hybridized carbons (Fsp3) is 0.583. The summed E-state index contributed by atoms with van der Waals surface area (Å²) in [5.41, 5.74) is 0.878. The summed E-state index contributed by atoms with van der Waals surface area (Å²) in [7, 11) is 6.08. The van der Waals surface area contributed by atoms with Gasteiger partial charge in [0.2, 0.25) is 0 Å². The van der Waals surface area contributed by atoms with Crippen LogP contribution in [-0.4, -0.2) is 49.2 Å². The molecule has 90 valence electrons. The van der Waals surface area contributed by atoms with Crippen LogP contribution in [0.4, 0.5) is 5.82 Å². The second-order valence-corrected chi connectivity index (χ2v) is 4.32. The van der Waals surface area contributed by atoms with Gasteiger partial charge < -0.3 is 14.9 Å². The summed E-state index contributed by atoms with van der Waals surface area (Å²) in [5.74, 6) is 0.861. The predicted octanol–water partition coefficient (Wildman–Crippen LogP) is 1.13. The van der Waals surface area contributed by atoms with Crippen molar-refractivity contribution in [1.82, 2.24) is 9.88 Å². The van der Waals surface area contributed by atoms with Crippen LogP contribution in [0.15, 0.2) is 18.3 Å². The van der Waals surface area contributed by atoms with Crippen molar-refractivity contribution in [2.75, 3.05) is 39.1 Å². The maximum atomic E-state index is 9.65. The highest BCUT2D eigenvalue weighted by molar-refractivity contribution is 5.46. The molecule has 1 unspecified atom stereocenters. The Morgan fingerprint density at radius 1 is 1.31 bits per heavy atom. The summed E-state index contributed by atoms with van der Waals surface area (Å²) < 4.78 is 0. The van der Waals surface area contributed by atoms with Gasteiger partial charge in [-0.2, -0.15) is 0 Å². The van der Waals surface area contributed by atoms with Crippen LogP contribution in [0.3, 0.4) is 0 Å². The summed E-state index contributed by atoms with van der Waals surface area (Å²) in [6, 6.07) is 3.77. The van der Waals surface area contributed by atoms with Crippen LogP contribution >= 0.6 is 0 Å². The molecule has 0 aliphatic heterocycles. The molecule has 1 aromatic heterocycles. The molecule has 1 atom stereocenters. The summed E-state index contributed by atoms with van der Waals surface area (Å²) in [5, 5.41) is 9.65. The van der Waals surface area contributed by atoms with Gasteiger partial charge in [0.05, 0.1) is 6.10 Å².